The maximum Gasteiger partial charge on any atom is 0.298 e. The van der Waals surface area contributed by atoms with Gasteiger partial charge in [0.25, 0.3) is 11.9 Å². The van der Waals surface area contributed by atoms with Crippen LogP contribution in [0.5, 0.6) is 0 Å². The molecule has 1 amide bonds. The second kappa shape index (κ2) is 6.48. The highest BCUT2D eigenvalue weighted by Gasteiger charge is 2.30. The quantitative estimate of drug-likeness (QED) is 0.781. The largest absolute Gasteiger partial charge is 0.423 e. The molecule has 6 nitrogen and oxygen atoms in total. The summed E-state index contributed by atoms with van der Waals surface area (Å²) >= 11 is 0. The fourth-order valence-electron chi connectivity index (χ4n) is 3.70. The topological polar surface area (TPSA) is 63.3 Å². The highest BCUT2D eigenvalue weighted by Crippen LogP contribution is 2.36. The van der Waals surface area contributed by atoms with Crippen LogP contribution in [0.15, 0.2) is 34.7 Å². The van der Waals surface area contributed by atoms with Crippen molar-refractivity contribution >= 4 is 23.0 Å². The van der Waals surface area contributed by atoms with E-state index < -0.39 is 0 Å². The second-order valence-electron chi connectivity index (χ2n) is 6.60. The lowest BCUT2D eigenvalue weighted by atomic mass is 10.00. The molecule has 1 saturated heterocycles. The van der Waals surface area contributed by atoms with Crippen LogP contribution in [-0.2, 0) is 7.05 Å². The van der Waals surface area contributed by atoms with Gasteiger partial charge >= 0.3 is 0 Å². The van der Waals surface area contributed by atoms with Crippen LogP contribution < -0.4 is 10.2 Å². The van der Waals surface area contributed by atoms with Crippen molar-refractivity contribution in [2.75, 3.05) is 18.5 Å². The van der Waals surface area contributed by atoms with Crippen LogP contribution in [-0.4, -0.2) is 29.1 Å². The van der Waals surface area contributed by atoms with Crippen molar-refractivity contribution in [1.29, 1.82) is 0 Å². The van der Waals surface area contributed by atoms with Crippen molar-refractivity contribution in [3.8, 4) is 0 Å². The number of carbonyl (C=O) groups excluding carboxylic acids is 1. The number of nitrogens with zero attached hydrogens (tertiary/aromatic N) is 3. The van der Waals surface area contributed by atoms with Crippen molar-refractivity contribution in [3.63, 3.8) is 0 Å². The van der Waals surface area contributed by atoms with Crippen LogP contribution in [0.25, 0.3) is 11.1 Å². The SMILES string of the molecule is CNC(=O)c1ccc([C@@H]2CCCCN2c2nc3cc(F)ccc3o2)n1C. The van der Waals surface area contributed by atoms with E-state index in [4.69, 9.17) is 4.42 Å². The summed E-state index contributed by atoms with van der Waals surface area (Å²) in [6.45, 7) is 0.806. The number of anilines is 1. The molecule has 0 saturated carbocycles. The van der Waals surface area contributed by atoms with E-state index in [2.05, 4.69) is 15.2 Å². The molecule has 136 valence electrons. The number of fused-ring (bicyclic) bond motifs is 1. The zero-order valence-electron chi connectivity index (χ0n) is 14.8. The molecule has 3 aromatic rings. The lowest BCUT2D eigenvalue weighted by Crippen LogP contribution is -2.35. The van der Waals surface area contributed by atoms with Crippen molar-refractivity contribution < 1.29 is 13.6 Å². The Labute approximate surface area is 150 Å². The Balaban J connectivity index is 1.72. The molecule has 0 radical (unpaired) electrons. The fourth-order valence-corrected chi connectivity index (χ4v) is 3.70. The zero-order chi connectivity index (χ0) is 18.3. The molecule has 1 aliphatic heterocycles. The van der Waals surface area contributed by atoms with Crippen LogP contribution >= 0.6 is 0 Å². The van der Waals surface area contributed by atoms with E-state index in [0.717, 1.165) is 31.5 Å². The summed E-state index contributed by atoms with van der Waals surface area (Å²) in [7, 11) is 3.52. The molecule has 26 heavy (non-hydrogen) atoms. The minimum Gasteiger partial charge on any atom is -0.423 e. The van der Waals surface area contributed by atoms with Gasteiger partial charge in [-0.1, -0.05) is 0 Å². The first kappa shape index (κ1) is 16.6. The van der Waals surface area contributed by atoms with E-state index in [1.165, 1.54) is 12.1 Å². The van der Waals surface area contributed by atoms with E-state index in [1.807, 2.05) is 23.7 Å². The number of carbonyl (C=O) groups is 1. The minimum absolute atomic E-state index is 0.0602. The molecule has 0 bridgehead atoms. The van der Waals surface area contributed by atoms with Crippen molar-refractivity contribution in [1.82, 2.24) is 14.9 Å². The Hall–Kier alpha value is -2.83. The Kier molecular flexibility index (Phi) is 4.14. The summed E-state index contributed by atoms with van der Waals surface area (Å²) in [6.07, 6.45) is 3.07. The maximum atomic E-state index is 13.5. The van der Waals surface area contributed by atoms with Gasteiger partial charge in [-0.15, -0.1) is 0 Å². The summed E-state index contributed by atoms with van der Waals surface area (Å²) in [5.74, 6) is -0.441. The number of rotatable bonds is 3. The zero-order valence-corrected chi connectivity index (χ0v) is 14.8. The molecule has 7 heteroatoms. The molecule has 1 N–H and O–H groups in total. The Morgan fingerprint density at radius 1 is 1.31 bits per heavy atom. The number of halogens is 1. The number of nitrogens with one attached hydrogen (secondary N) is 1. The van der Waals surface area contributed by atoms with E-state index >= 15 is 0 Å². The van der Waals surface area contributed by atoms with Crippen molar-refractivity contribution in [3.05, 3.63) is 47.5 Å². The smallest absolute Gasteiger partial charge is 0.298 e. The molecular formula is C19H21FN4O2. The van der Waals surface area contributed by atoms with Crippen LogP contribution in [0, 0.1) is 5.82 Å². The number of hydrogen-bond donors (Lipinski definition) is 1. The van der Waals surface area contributed by atoms with Gasteiger partial charge in [0.1, 0.15) is 17.0 Å². The molecule has 0 spiro atoms. The van der Waals surface area contributed by atoms with Gasteiger partial charge in [-0.25, -0.2) is 4.39 Å². The fraction of sp³-hybridized carbons (Fsp3) is 0.368. The highest BCUT2D eigenvalue weighted by atomic mass is 19.1. The average Bonchev–Trinajstić information content (AvgIpc) is 3.24. The summed E-state index contributed by atoms with van der Waals surface area (Å²) in [6, 6.07) is 8.73. The van der Waals surface area contributed by atoms with E-state index in [1.54, 1.807) is 13.1 Å². The second-order valence-corrected chi connectivity index (χ2v) is 6.60. The van der Waals surface area contributed by atoms with Crippen molar-refractivity contribution in [2.24, 2.45) is 7.05 Å². The molecule has 0 unspecified atom stereocenters. The third-order valence-corrected chi connectivity index (χ3v) is 5.05. The molecule has 1 atom stereocenters. The van der Waals surface area contributed by atoms with Crippen LogP contribution in [0.1, 0.15) is 41.5 Å². The van der Waals surface area contributed by atoms with Gasteiger partial charge in [-0.05, 0) is 43.5 Å². The van der Waals surface area contributed by atoms with Gasteiger partial charge < -0.3 is 19.2 Å². The molecule has 1 fully saturated rings. The monoisotopic (exact) mass is 356 g/mol. The lowest BCUT2D eigenvalue weighted by Gasteiger charge is -2.35. The molecule has 3 heterocycles. The predicted octanol–water partition coefficient (Wildman–Crippen LogP) is 3.40. The van der Waals surface area contributed by atoms with Crippen LogP contribution in [0.3, 0.4) is 0 Å². The summed E-state index contributed by atoms with van der Waals surface area (Å²) in [4.78, 5) is 18.6. The molecular weight excluding hydrogens is 335 g/mol. The number of amides is 1. The molecule has 1 aliphatic rings. The number of aromatic nitrogens is 2. The third kappa shape index (κ3) is 2.73. The number of oxazole rings is 1. The predicted molar refractivity (Wildman–Crippen MR) is 96.7 cm³/mol. The molecule has 0 aliphatic carbocycles. The lowest BCUT2D eigenvalue weighted by molar-refractivity contribution is 0.0954. The Bertz CT molecular complexity index is 962. The Morgan fingerprint density at radius 3 is 2.96 bits per heavy atom. The van der Waals surface area contributed by atoms with Gasteiger partial charge in [0.15, 0.2) is 5.58 Å². The Morgan fingerprint density at radius 2 is 2.15 bits per heavy atom. The number of hydrogen-bond acceptors (Lipinski definition) is 4. The summed E-state index contributed by atoms with van der Waals surface area (Å²) in [5.41, 5.74) is 2.75. The van der Waals surface area contributed by atoms with Crippen LogP contribution in [0.4, 0.5) is 10.4 Å². The highest BCUT2D eigenvalue weighted by molar-refractivity contribution is 5.92. The van der Waals surface area contributed by atoms with Gasteiger partial charge in [0, 0.05) is 32.4 Å². The first-order chi connectivity index (χ1) is 12.6. The first-order valence-electron chi connectivity index (χ1n) is 8.79. The summed E-state index contributed by atoms with van der Waals surface area (Å²) in [5, 5.41) is 2.66. The van der Waals surface area contributed by atoms with Gasteiger partial charge in [0.05, 0.1) is 6.04 Å². The van der Waals surface area contributed by atoms with Gasteiger partial charge in [-0.2, -0.15) is 4.98 Å². The maximum absolute atomic E-state index is 13.5. The molecule has 1 aromatic carbocycles. The van der Waals surface area contributed by atoms with Crippen molar-refractivity contribution in [2.45, 2.75) is 25.3 Å². The first-order valence-corrected chi connectivity index (χ1v) is 8.79. The van der Waals surface area contributed by atoms with E-state index in [9.17, 15) is 9.18 Å². The van der Waals surface area contributed by atoms with E-state index in [0.29, 0.717) is 22.8 Å². The number of piperidine rings is 1. The van der Waals surface area contributed by atoms with Gasteiger partial charge in [0.2, 0.25) is 0 Å². The molecule has 2 aromatic heterocycles. The third-order valence-electron chi connectivity index (χ3n) is 5.05. The van der Waals surface area contributed by atoms with Crippen LogP contribution in [0.2, 0.25) is 0 Å². The normalized spacial score (nSPS) is 17.7. The van der Waals surface area contributed by atoms with Gasteiger partial charge in [-0.3, -0.25) is 4.79 Å². The number of benzene rings is 1. The standard InChI is InChI=1S/C19H21FN4O2/c1-21-18(25)16-8-7-14(23(16)2)15-5-3-4-10-24(15)19-22-13-11-12(20)6-9-17(13)26-19/h6-9,11,15H,3-5,10H2,1-2H3,(H,21,25)/t15-/m0/s1. The summed E-state index contributed by atoms with van der Waals surface area (Å²) < 4.78 is 21.3. The molecule has 4 rings (SSSR count). The minimum atomic E-state index is -0.329. The average molecular weight is 356 g/mol. The van der Waals surface area contributed by atoms with E-state index in [-0.39, 0.29) is 17.8 Å².